The summed E-state index contributed by atoms with van der Waals surface area (Å²) in [6, 6.07) is 14.7. The van der Waals surface area contributed by atoms with Crippen molar-refractivity contribution in [1.29, 1.82) is 0 Å². The minimum atomic E-state index is -3.99. The molecule has 0 atom stereocenters. The number of hydrogen-bond donors (Lipinski definition) is 2. The van der Waals surface area contributed by atoms with Crippen molar-refractivity contribution in [3.63, 3.8) is 0 Å². The van der Waals surface area contributed by atoms with E-state index in [9.17, 15) is 23.1 Å². The number of amides is 1. The quantitative estimate of drug-likeness (QED) is 0.380. The highest BCUT2D eigenvalue weighted by Gasteiger charge is 2.24. The van der Waals surface area contributed by atoms with Crippen molar-refractivity contribution < 1.29 is 23.1 Å². The molecule has 0 spiro atoms. The van der Waals surface area contributed by atoms with Crippen molar-refractivity contribution >= 4 is 76.7 Å². The molecule has 3 rings (SSSR count). The molecule has 0 aliphatic heterocycles. The van der Waals surface area contributed by atoms with E-state index in [0.717, 1.165) is 4.31 Å². The zero-order chi connectivity index (χ0) is 23.6. The zero-order valence-electron chi connectivity index (χ0n) is 16.3. The molecule has 0 aliphatic carbocycles. The third-order valence-electron chi connectivity index (χ3n) is 4.49. The second-order valence-corrected chi connectivity index (χ2v) is 10.7. The number of carbonyl (C=O) groups excluding carboxylic acids is 1. The van der Waals surface area contributed by atoms with Gasteiger partial charge in [0.2, 0.25) is 0 Å². The summed E-state index contributed by atoms with van der Waals surface area (Å²) in [5.74, 6) is -1.89. The van der Waals surface area contributed by atoms with Crippen LogP contribution in [0, 0.1) is 0 Å². The lowest BCUT2D eigenvalue weighted by Gasteiger charge is -2.20. The first-order valence-electron chi connectivity index (χ1n) is 8.89. The van der Waals surface area contributed by atoms with Gasteiger partial charge in [-0.3, -0.25) is 9.10 Å². The maximum atomic E-state index is 13.1. The molecule has 0 heterocycles. The molecule has 2 N–H and O–H groups in total. The minimum absolute atomic E-state index is 0.0230. The van der Waals surface area contributed by atoms with Crippen LogP contribution in [0.25, 0.3) is 0 Å². The first-order valence-corrected chi connectivity index (χ1v) is 12.3. The SMILES string of the molecule is CN(c1ccc(Cl)cc1)S(=O)(=O)c1ccc(Br)c(C(=O)Nc2ccc(Br)cc2C(=O)O)c1. The summed E-state index contributed by atoms with van der Waals surface area (Å²) >= 11 is 12.3. The Morgan fingerprint density at radius 2 is 1.62 bits per heavy atom. The first-order chi connectivity index (χ1) is 15.0. The first kappa shape index (κ1) is 24.2. The van der Waals surface area contributed by atoms with Crippen molar-refractivity contribution in [3.8, 4) is 0 Å². The van der Waals surface area contributed by atoms with Crippen LogP contribution < -0.4 is 9.62 Å². The van der Waals surface area contributed by atoms with E-state index in [4.69, 9.17) is 11.6 Å². The monoisotopic (exact) mass is 600 g/mol. The van der Waals surface area contributed by atoms with Crippen LogP contribution >= 0.6 is 43.5 Å². The standard InChI is InChI=1S/C21H15Br2ClN2O5S/c1-26(14-5-3-13(24)4-6-14)32(30,31)15-7-8-18(23)16(11-15)20(27)25-19-9-2-12(22)10-17(19)21(28)29/h2-11H,1H3,(H,25,27)(H,28,29). The van der Waals surface area contributed by atoms with E-state index in [2.05, 4.69) is 37.2 Å². The summed E-state index contributed by atoms with van der Waals surface area (Å²) in [6.45, 7) is 0. The predicted octanol–water partition coefficient (Wildman–Crippen LogP) is 5.64. The van der Waals surface area contributed by atoms with Gasteiger partial charge in [0.05, 0.1) is 27.4 Å². The Hall–Kier alpha value is -2.40. The Morgan fingerprint density at radius 1 is 0.969 bits per heavy atom. The third-order valence-corrected chi connectivity index (χ3v) is 7.71. The van der Waals surface area contributed by atoms with Gasteiger partial charge >= 0.3 is 5.97 Å². The van der Waals surface area contributed by atoms with Crippen LogP contribution in [-0.2, 0) is 10.0 Å². The second kappa shape index (κ2) is 9.62. The van der Waals surface area contributed by atoms with Crippen LogP contribution in [-0.4, -0.2) is 32.4 Å². The van der Waals surface area contributed by atoms with Crippen molar-refractivity contribution in [2.45, 2.75) is 4.90 Å². The molecule has 3 aromatic carbocycles. The number of anilines is 2. The smallest absolute Gasteiger partial charge is 0.337 e. The Balaban J connectivity index is 1.96. The fourth-order valence-electron chi connectivity index (χ4n) is 2.78. The zero-order valence-corrected chi connectivity index (χ0v) is 21.1. The lowest BCUT2D eigenvalue weighted by molar-refractivity contribution is 0.0698. The number of halogens is 3. The number of aromatic carboxylic acids is 1. The van der Waals surface area contributed by atoms with Gasteiger partial charge in [0, 0.05) is 21.0 Å². The second-order valence-electron chi connectivity index (χ2n) is 6.54. The average molecular weight is 603 g/mol. The lowest BCUT2D eigenvalue weighted by atomic mass is 10.1. The summed E-state index contributed by atoms with van der Waals surface area (Å²) in [7, 11) is -2.60. The third kappa shape index (κ3) is 5.15. The van der Waals surface area contributed by atoms with Crippen LogP contribution in [0.1, 0.15) is 20.7 Å². The predicted molar refractivity (Wildman–Crippen MR) is 130 cm³/mol. The van der Waals surface area contributed by atoms with Gasteiger partial charge in [0.15, 0.2) is 0 Å². The fraction of sp³-hybridized carbons (Fsp3) is 0.0476. The Morgan fingerprint density at radius 3 is 2.25 bits per heavy atom. The largest absolute Gasteiger partial charge is 0.478 e. The molecular formula is C21H15Br2ClN2O5S. The van der Waals surface area contributed by atoms with E-state index < -0.39 is 21.9 Å². The number of sulfonamides is 1. The maximum absolute atomic E-state index is 13.1. The molecule has 0 saturated carbocycles. The van der Waals surface area contributed by atoms with Gasteiger partial charge in [-0.25, -0.2) is 13.2 Å². The van der Waals surface area contributed by atoms with E-state index >= 15 is 0 Å². The van der Waals surface area contributed by atoms with E-state index in [1.165, 1.54) is 37.4 Å². The number of carboxylic acid groups (broad SMARTS) is 1. The van der Waals surface area contributed by atoms with Crippen molar-refractivity contribution in [3.05, 3.63) is 85.8 Å². The van der Waals surface area contributed by atoms with E-state index in [1.807, 2.05) is 0 Å². The molecule has 32 heavy (non-hydrogen) atoms. The van der Waals surface area contributed by atoms with Crippen molar-refractivity contribution in [1.82, 2.24) is 0 Å². The average Bonchev–Trinajstić information content (AvgIpc) is 2.75. The summed E-state index contributed by atoms with van der Waals surface area (Å²) in [5.41, 5.74) is 0.373. The number of benzene rings is 3. The van der Waals surface area contributed by atoms with Gasteiger partial charge in [-0.15, -0.1) is 0 Å². The summed E-state index contributed by atoms with van der Waals surface area (Å²) in [6.07, 6.45) is 0. The van der Waals surface area contributed by atoms with Gasteiger partial charge < -0.3 is 10.4 Å². The normalized spacial score (nSPS) is 11.1. The minimum Gasteiger partial charge on any atom is -0.478 e. The van der Waals surface area contributed by atoms with Gasteiger partial charge in [0.1, 0.15) is 0 Å². The molecule has 3 aromatic rings. The molecule has 0 unspecified atom stereocenters. The van der Waals surface area contributed by atoms with E-state index in [0.29, 0.717) is 19.7 Å². The van der Waals surface area contributed by atoms with Crippen LogP contribution in [0.2, 0.25) is 5.02 Å². The Labute approximate surface area is 206 Å². The molecular weight excluding hydrogens is 588 g/mol. The van der Waals surface area contributed by atoms with E-state index in [-0.39, 0.29) is 21.7 Å². The molecule has 7 nitrogen and oxygen atoms in total. The number of carboxylic acids is 1. The van der Waals surface area contributed by atoms with Crippen molar-refractivity contribution in [2.24, 2.45) is 0 Å². The number of nitrogens with zero attached hydrogens (tertiary/aromatic N) is 1. The fourth-order valence-corrected chi connectivity index (χ4v) is 4.91. The van der Waals surface area contributed by atoms with Crippen LogP contribution in [0.3, 0.4) is 0 Å². The Kier molecular flexibility index (Phi) is 7.29. The summed E-state index contributed by atoms with van der Waals surface area (Å²) in [5, 5.41) is 12.4. The van der Waals surface area contributed by atoms with Crippen LogP contribution in [0.15, 0.2) is 74.5 Å². The van der Waals surface area contributed by atoms with Crippen molar-refractivity contribution in [2.75, 3.05) is 16.7 Å². The number of hydrogen-bond acceptors (Lipinski definition) is 4. The summed E-state index contributed by atoms with van der Waals surface area (Å²) in [4.78, 5) is 24.3. The highest BCUT2D eigenvalue weighted by molar-refractivity contribution is 9.10. The lowest BCUT2D eigenvalue weighted by Crippen LogP contribution is -2.27. The molecule has 166 valence electrons. The molecule has 0 saturated heterocycles. The maximum Gasteiger partial charge on any atom is 0.337 e. The number of rotatable bonds is 6. The molecule has 0 bridgehead atoms. The molecule has 0 aromatic heterocycles. The topological polar surface area (TPSA) is 104 Å². The Bertz CT molecular complexity index is 1310. The molecule has 0 fully saturated rings. The molecule has 0 radical (unpaired) electrons. The molecule has 1 amide bonds. The highest BCUT2D eigenvalue weighted by atomic mass is 79.9. The van der Waals surface area contributed by atoms with Gasteiger partial charge in [0.25, 0.3) is 15.9 Å². The molecule has 11 heteroatoms. The highest BCUT2D eigenvalue weighted by Crippen LogP contribution is 2.28. The summed E-state index contributed by atoms with van der Waals surface area (Å²) < 4.78 is 28.2. The van der Waals surface area contributed by atoms with Gasteiger partial charge in [-0.1, -0.05) is 27.5 Å². The van der Waals surface area contributed by atoms with Crippen LogP contribution in [0.4, 0.5) is 11.4 Å². The molecule has 0 aliphatic rings. The van der Waals surface area contributed by atoms with E-state index in [1.54, 1.807) is 30.3 Å². The number of nitrogens with one attached hydrogen (secondary N) is 1. The van der Waals surface area contributed by atoms with Crippen LogP contribution in [0.5, 0.6) is 0 Å². The van der Waals surface area contributed by atoms with Gasteiger partial charge in [-0.05, 0) is 76.6 Å². The number of carbonyl (C=O) groups is 2. The van der Waals surface area contributed by atoms with Gasteiger partial charge in [-0.2, -0.15) is 0 Å².